The topological polar surface area (TPSA) is 165 Å². The monoisotopic (exact) mass is 384 g/mol. The molecule has 6 atom stereocenters. The highest BCUT2D eigenvalue weighted by Crippen LogP contribution is 2.33. The van der Waals surface area contributed by atoms with Crippen molar-refractivity contribution >= 4 is 16.9 Å². The first-order chi connectivity index (χ1) is 12.9. The minimum Gasteiger partial charge on any atom is -0.394 e. The van der Waals surface area contributed by atoms with Gasteiger partial charge in [-0.05, 0) is 6.42 Å². The van der Waals surface area contributed by atoms with E-state index in [-0.39, 0.29) is 16.9 Å². The predicted molar refractivity (Wildman–Crippen MR) is 94.7 cm³/mol. The highest BCUT2D eigenvalue weighted by Gasteiger charge is 2.46. The second-order valence-corrected chi connectivity index (χ2v) is 6.67. The van der Waals surface area contributed by atoms with Crippen LogP contribution in [0.4, 0.5) is 10.2 Å². The van der Waals surface area contributed by atoms with Gasteiger partial charge in [-0.25, -0.2) is 14.4 Å². The summed E-state index contributed by atoms with van der Waals surface area (Å²) in [4.78, 5) is 7.80. The number of nitrogens with one attached hydrogen (secondary N) is 1. The van der Waals surface area contributed by atoms with Crippen molar-refractivity contribution in [3.63, 3.8) is 0 Å². The number of aliphatic hydroxyl groups is 3. The van der Waals surface area contributed by atoms with Crippen LogP contribution in [-0.2, 0) is 4.74 Å². The van der Waals surface area contributed by atoms with Gasteiger partial charge in [-0.15, -0.1) is 0 Å². The molecule has 0 radical (unpaired) electrons. The van der Waals surface area contributed by atoms with Crippen molar-refractivity contribution in [1.29, 1.82) is 0 Å². The number of pyridine rings is 1. The van der Waals surface area contributed by atoms with Crippen LogP contribution in [0.1, 0.15) is 26.0 Å². The first-order valence-corrected chi connectivity index (χ1v) is 8.79. The summed E-state index contributed by atoms with van der Waals surface area (Å²) in [5.74, 6) is -0.610. The molecule has 0 saturated carbocycles. The van der Waals surface area contributed by atoms with Crippen molar-refractivity contribution in [2.24, 2.45) is 5.73 Å². The second-order valence-electron chi connectivity index (χ2n) is 6.67. The number of nitrogens with two attached hydrogens (primary N) is 2. The summed E-state index contributed by atoms with van der Waals surface area (Å²) in [6, 6.07) is -1.43. The molecule has 0 aromatic carbocycles. The lowest BCUT2D eigenvalue weighted by Gasteiger charge is -2.28. The molecule has 10 nitrogen and oxygen atoms in total. The molecule has 27 heavy (non-hydrogen) atoms. The zero-order valence-corrected chi connectivity index (χ0v) is 14.9. The van der Waals surface area contributed by atoms with Gasteiger partial charge in [0.05, 0.1) is 25.2 Å². The third-order valence-corrected chi connectivity index (χ3v) is 4.79. The molecule has 150 valence electrons. The molecule has 0 bridgehead atoms. The molecule has 11 heteroatoms. The minimum absolute atomic E-state index is 0.0527. The average molecular weight is 384 g/mol. The Kier molecular flexibility index (Phi) is 5.89. The van der Waals surface area contributed by atoms with Crippen LogP contribution in [0.15, 0.2) is 12.5 Å². The molecular formula is C16H25FN6O4. The van der Waals surface area contributed by atoms with E-state index in [1.807, 2.05) is 6.92 Å². The molecule has 1 aliphatic rings. The fourth-order valence-electron chi connectivity index (χ4n) is 3.35. The number of halogens is 1. The van der Waals surface area contributed by atoms with E-state index in [4.69, 9.17) is 16.2 Å². The molecular weight excluding hydrogens is 359 g/mol. The van der Waals surface area contributed by atoms with Gasteiger partial charge in [0.15, 0.2) is 17.9 Å². The summed E-state index contributed by atoms with van der Waals surface area (Å²) < 4.78 is 21.4. The third kappa shape index (κ3) is 3.61. The van der Waals surface area contributed by atoms with E-state index in [2.05, 4.69) is 15.3 Å². The summed E-state index contributed by atoms with van der Waals surface area (Å²) in [7, 11) is 0. The Balaban J connectivity index is 1.96. The first-order valence-electron chi connectivity index (χ1n) is 8.79. The number of nitrogens with zero attached hydrogens (tertiary/aromatic N) is 3. The molecule has 2 aromatic heterocycles. The fraction of sp³-hybridized carbons (Fsp3) is 0.625. The Morgan fingerprint density at radius 2 is 2.19 bits per heavy atom. The van der Waals surface area contributed by atoms with Gasteiger partial charge >= 0.3 is 0 Å². The third-order valence-electron chi connectivity index (χ3n) is 4.79. The molecule has 8 N–H and O–H groups in total. The summed E-state index contributed by atoms with van der Waals surface area (Å²) in [6.45, 7) is 1.48. The van der Waals surface area contributed by atoms with Gasteiger partial charge < -0.3 is 31.5 Å². The Labute approximate surface area is 155 Å². The van der Waals surface area contributed by atoms with Crippen molar-refractivity contribution in [2.75, 3.05) is 12.3 Å². The minimum atomic E-state index is -1.16. The lowest BCUT2D eigenvalue weighted by atomic mass is 10.1. The molecule has 0 spiro atoms. The maximum Gasteiger partial charge on any atom is 0.167 e. The fourth-order valence-corrected chi connectivity index (χ4v) is 3.35. The molecule has 3 heterocycles. The second kappa shape index (κ2) is 8.00. The Hall–Kier alpha value is -1.89. The first kappa shape index (κ1) is 19.9. The van der Waals surface area contributed by atoms with Gasteiger partial charge in [0, 0.05) is 6.04 Å². The highest BCUT2D eigenvalue weighted by molar-refractivity contribution is 5.85. The van der Waals surface area contributed by atoms with Crippen molar-refractivity contribution in [3.05, 3.63) is 18.3 Å². The zero-order chi connectivity index (χ0) is 19.7. The molecule has 1 fully saturated rings. The maximum absolute atomic E-state index is 14.4. The number of hydrogen-bond donors (Lipinski definition) is 6. The normalized spacial score (nSPS) is 27.9. The molecule has 1 aliphatic heterocycles. The van der Waals surface area contributed by atoms with E-state index in [0.29, 0.717) is 6.42 Å². The number of aliphatic hydroxyl groups excluding tert-OH is 3. The van der Waals surface area contributed by atoms with Gasteiger partial charge in [0.2, 0.25) is 0 Å². The van der Waals surface area contributed by atoms with Crippen LogP contribution in [0.3, 0.4) is 0 Å². The quantitative estimate of drug-likeness (QED) is 0.322. The molecule has 3 rings (SSSR count). The number of fused-ring (bicyclic) bond motifs is 1. The molecule has 0 aliphatic carbocycles. The van der Waals surface area contributed by atoms with Crippen LogP contribution in [-0.4, -0.2) is 67.0 Å². The number of hydrogen-bond acceptors (Lipinski definition) is 9. The lowest BCUT2D eigenvalue weighted by Crippen LogP contribution is -2.54. The smallest absolute Gasteiger partial charge is 0.167 e. The number of imidazole rings is 1. The van der Waals surface area contributed by atoms with E-state index >= 15 is 0 Å². The van der Waals surface area contributed by atoms with Crippen LogP contribution in [0.25, 0.3) is 11.0 Å². The van der Waals surface area contributed by atoms with Crippen molar-refractivity contribution in [1.82, 2.24) is 19.9 Å². The predicted octanol–water partition coefficient (Wildman–Crippen LogP) is -1.19. The summed E-state index contributed by atoms with van der Waals surface area (Å²) >= 11 is 0. The summed E-state index contributed by atoms with van der Waals surface area (Å²) in [5.41, 5.74) is 11.9. The molecule has 0 amide bonds. The largest absolute Gasteiger partial charge is 0.394 e. The van der Waals surface area contributed by atoms with Gasteiger partial charge in [0.1, 0.15) is 29.5 Å². The van der Waals surface area contributed by atoms with Gasteiger partial charge in [0.25, 0.3) is 0 Å². The summed E-state index contributed by atoms with van der Waals surface area (Å²) in [5, 5.41) is 33.2. The van der Waals surface area contributed by atoms with Crippen LogP contribution in [0, 0.1) is 5.82 Å². The van der Waals surface area contributed by atoms with Crippen molar-refractivity contribution in [3.8, 4) is 0 Å². The van der Waals surface area contributed by atoms with Crippen LogP contribution >= 0.6 is 0 Å². The van der Waals surface area contributed by atoms with Crippen molar-refractivity contribution in [2.45, 2.75) is 56.5 Å². The van der Waals surface area contributed by atoms with E-state index in [9.17, 15) is 19.7 Å². The maximum atomic E-state index is 14.4. The number of ether oxygens (including phenoxy) is 1. The van der Waals surface area contributed by atoms with Crippen LogP contribution in [0.5, 0.6) is 0 Å². The number of anilines is 1. The van der Waals surface area contributed by atoms with Crippen LogP contribution < -0.4 is 16.8 Å². The van der Waals surface area contributed by atoms with Gasteiger partial charge in [-0.3, -0.25) is 9.88 Å². The number of nitrogen functional groups attached to an aromatic ring is 1. The van der Waals surface area contributed by atoms with E-state index in [1.165, 1.54) is 10.9 Å². The van der Waals surface area contributed by atoms with Crippen molar-refractivity contribution < 1.29 is 24.4 Å². The molecule has 1 saturated heterocycles. The highest BCUT2D eigenvalue weighted by atomic mass is 19.1. The SMILES string of the molecule is CCCC(N)C(O)NC1[C@@H](O)[C@@H](CO)O[C@H]1n1cnc2c(N)ncc(F)c21. The standard InChI is InChI=1S/C16H25FN6O4/c1-2-3-8(18)15(26)22-11-13(25)9(5-24)27-16(11)23-6-21-10-12(23)7(17)4-20-14(10)19/h4,6,8-9,11,13,15-16,22,24-26H,2-3,5,18H2,1H3,(H2,19,20)/t8?,9-,11?,13+,15?,16-/m1/s1. The van der Waals surface area contributed by atoms with Crippen LogP contribution in [0.2, 0.25) is 0 Å². The van der Waals surface area contributed by atoms with E-state index in [1.54, 1.807) is 0 Å². The van der Waals surface area contributed by atoms with E-state index in [0.717, 1.165) is 12.6 Å². The van der Waals surface area contributed by atoms with Gasteiger partial charge in [-0.1, -0.05) is 13.3 Å². The Bertz CT molecular complexity index is 790. The Morgan fingerprint density at radius 1 is 1.44 bits per heavy atom. The zero-order valence-electron chi connectivity index (χ0n) is 14.9. The average Bonchev–Trinajstić information content (AvgIpc) is 3.21. The van der Waals surface area contributed by atoms with E-state index < -0.39 is 49.2 Å². The Morgan fingerprint density at radius 3 is 2.85 bits per heavy atom. The number of rotatable bonds is 7. The van der Waals surface area contributed by atoms with Gasteiger partial charge in [-0.2, -0.15) is 0 Å². The number of aromatic nitrogens is 3. The molecule has 3 unspecified atom stereocenters. The lowest BCUT2D eigenvalue weighted by molar-refractivity contribution is -0.0451. The summed E-state index contributed by atoms with van der Waals surface area (Å²) in [6.07, 6.45) is -0.548. The molecule has 2 aromatic rings.